The summed E-state index contributed by atoms with van der Waals surface area (Å²) in [5.41, 5.74) is -1.07. The summed E-state index contributed by atoms with van der Waals surface area (Å²) in [6, 6.07) is 13.8. The van der Waals surface area contributed by atoms with Crippen molar-refractivity contribution < 1.29 is 53.8 Å². The Morgan fingerprint density at radius 3 is 1.85 bits per heavy atom. The van der Waals surface area contributed by atoms with E-state index >= 15 is 0 Å². The Hall–Kier alpha value is -3.64. The average Bonchev–Trinajstić information content (AvgIpc) is 2.94. The molecule has 0 radical (unpaired) electrons. The third-order valence-corrected chi connectivity index (χ3v) is 7.60. The van der Waals surface area contributed by atoms with Crippen LogP contribution < -0.4 is 10.4 Å². The molecule has 3 aromatic rings. The fourth-order valence-corrected chi connectivity index (χ4v) is 4.81. The maximum Gasteiger partial charge on any atom is 0.378 e. The molecule has 1 heterocycles. The minimum Gasteiger partial charge on any atom is -0.493 e. The van der Waals surface area contributed by atoms with Crippen molar-refractivity contribution in [3.63, 3.8) is 0 Å². The second kappa shape index (κ2) is 13.5. The molecule has 0 spiro atoms. The zero-order chi connectivity index (χ0) is 35.6. The summed E-state index contributed by atoms with van der Waals surface area (Å²) in [6.07, 6.45) is -3.93. The first-order chi connectivity index (χ1) is 21.4. The van der Waals surface area contributed by atoms with Crippen molar-refractivity contribution in [2.45, 2.75) is 84.5 Å². The van der Waals surface area contributed by atoms with Crippen LogP contribution in [0.1, 0.15) is 60.8 Å². The van der Waals surface area contributed by atoms with Crippen molar-refractivity contribution in [1.82, 2.24) is 0 Å². The number of carbonyl (C=O) groups excluding carboxylic acids is 1. The predicted molar refractivity (Wildman–Crippen MR) is 160 cm³/mol. The average molecular weight is 679 g/mol. The van der Waals surface area contributed by atoms with Crippen LogP contribution in [0.4, 0.5) is 35.1 Å². The van der Waals surface area contributed by atoms with Gasteiger partial charge in [-0.15, -0.1) is 0 Å². The molecule has 0 saturated heterocycles. The van der Waals surface area contributed by atoms with E-state index < -0.39 is 78.1 Å². The Bertz CT molecular complexity index is 1590. The van der Waals surface area contributed by atoms with Crippen molar-refractivity contribution in [1.29, 1.82) is 0 Å². The van der Waals surface area contributed by atoms with Crippen LogP contribution in [0.2, 0.25) is 0 Å². The van der Waals surface area contributed by atoms with Gasteiger partial charge in [0.15, 0.2) is 0 Å². The smallest absolute Gasteiger partial charge is 0.378 e. The van der Waals surface area contributed by atoms with E-state index in [2.05, 4.69) is 0 Å². The van der Waals surface area contributed by atoms with E-state index in [0.29, 0.717) is 10.9 Å². The lowest BCUT2D eigenvalue weighted by atomic mass is 9.72. The molecule has 1 atom stereocenters. The molecule has 0 aliphatic carbocycles. The first kappa shape index (κ1) is 37.8. The van der Waals surface area contributed by atoms with Gasteiger partial charge in [0, 0.05) is 11.5 Å². The summed E-state index contributed by atoms with van der Waals surface area (Å²) < 4.78 is 131. The van der Waals surface area contributed by atoms with E-state index in [1.165, 1.54) is 18.2 Å². The van der Waals surface area contributed by atoms with Crippen molar-refractivity contribution in [2.24, 2.45) is 16.7 Å². The lowest BCUT2D eigenvalue weighted by Gasteiger charge is -2.37. The van der Waals surface area contributed by atoms with Crippen LogP contribution >= 0.6 is 0 Å². The third kappa shape index (κ3) is 8.64. The standard InChI is InChI=1S/C34H38F8O5/c1-29(2,3)20-25(30(4,5)6)28(44)46-17-15-32(37,38)34(41,42)33(39,40)31(35,36)14-16-45-23-13-12-22-18-24(21-10-8-7-9-11-21)27(43)47-26(22)19-23/h7-13,18-19,25H,14-17,20H2,1-6H3. The van der Waals surface area contributed by atoms with Crippen LogP contribution in [0.25, 0.3) is 22.1 Å². The van der Waals surface area contributed by atoms with Crippen LogP contribution in [0.3, 0.4) is 0 Å². The van der Waals surface area contributed by atoms with Gasteiger partial charge in [0.05, 0.1) is 37.5 Å². The van der Waals surface area contributed by atoms with Gasteiger partial charge in [0.25, 0.3) is 0 Å². The van der Waals surface area contributed by atoms with E-state index in [1.807, 2.05) is 20.8 Å². The Morgan fingerprint density at radius 2 is 1.32 bits per heavy atom. The van der Waals surface area contributed by atoms with Crippen molar-refractivity contribution in [3.8, 4) is 16.9 Å². The molecule has 5 nitrogen and oxygen atoms in total. The molecule has 2 aromatic carbocycles. The number of ether oxygens (including phenoxy) is 2. The number of hydrogen-bond acceptors (Lipinski definition) is 5. The second-order valence-corrected chi connectivity index (χ2v) is 13.8. The number of hydrogen-bond donors (Lipinski definition) is 0. The molecule has 0 N–H and O–H groups in total. The molecular formula is C34H38F8O5. The van der Waals surface area contributed by atoms with Gasteiger partial charge in [-0.2, -0.15) is 35.1 Å². The quantitative estimate of drug-likeness (QED) is 0.102. The third-order valence-electron chi connectivity index (χ3n) is 7.60. The Balaban J connectivity index is 1.66. The van der Waals surface area contributed by atoms with Gasteiger partial charge in [-0.25, -0.2) is 4.79 Å². The second-order valence-electron chi connectivity index (χ2n) is 13.8. The number of fused-ring (bicyclic) bond motifs is 1. The number of benzene rings is 2. The lowest BCUT2D eigenvalue weighted by Crippen LogP contribution is -2.62. The maximum absolute atomic E-state index is 14.5. The van der Waals surface area contributed by atoms with Gasteiger partial charge in [-0.1, -0.05) is 71.9 Å². The molecule has 1 unspecified atom stereocenters. The summed E-state index contributed by atoms with van der Waals surface area (Å²) in [5.74, 6) is -26.4. The predicted octanol–water partition coefficient (Wildman–Crippen LogP) is 9.80. The van der Waals surface area contributed by atoms with Crippen molar-refractivity contribution >= 4 is 16.9 Å². The van der Waals surface area contributed by atoms with Gasteiger partial charge in [0.2, 0.25) is 0 Å². The Morgan fingerprint density at radius 1 is 0.766 bits per heavy atom. The molecule has 0 aliphatic heterocycles. The summed E-state index contributed by atoms with van der Waals surface area (Å²) in [7, 11) is 0. The number of alkyl halides is 8. The molecule has 3 rings (SSSR count). The molecule has 0 fully saturated rings. The van der Waals surface area contributed by atoms with Gasteiger partial charge in [0.1, 0.15) is 11.3 Å². The summed E-state index contributed by atoms with van der Waals surface area (Å²) >= 11 is 0. The molecule has 260 valence electrons. The fraction of sp³-hybridized carbons (Fsp3) is 0.529. The molecule has 13 heteroatoms. The Labute approximate surface area is 267 Å². The van der Waals surface area contributed by atoms with Crippen LogP contribution in [0.5, 0.6) is 5.75 Å². The normalized spacial score (nSPS) is 14.3. The van der Waals surface area contributed by atoms with Crippen LogP contribution in [-0.4, -0.2) is 42.9 Å². The van der Waals surface area contributed by atoms with Gasteiger partial charge in [-0.3, -0.25) is 4.79 Å². The number of halogens is 8. The van der Waals surface area contributed by atoms with Gasteiger partial charge in [-0.05, 0) is 41.0 Å². The highest BCUT2D eigenvalue weighted by Gasteiger charge is 2.79. The van der Waals surface area contributed by atoms with E-state index in [-0.39, 0.29) is 23.3 Å². The number of carbonyl (C=O) groups is 1. The molecule has 47 heavy (non-hydrogen) atoms. The first-order valence-electron chi connectivity index (χ1n) is 14.8. The molecule has 0 amide bonds. The highest BCUT2D eigenvalue weighted by molar-refractivity contribution is 5.82. The molecule has 1 aromatic heterocycles. The molecular weight excluding hydrogens is 640 g/mol. The van der Waals surface area contributed by atoms with Crippen LogP contribution in [0.15, 0.2) is 63.8 Å². The van der Waals surface area contributed by atoms with Gasteiger partial charge < -0.3 is 13.9 Å². The number of esters is 1. The van der Waals surface area contributed by atoms with Crippen molar-refractivity contribution in [3.05, 3.63) is 65.0 Å². The molecule has 0 bridgehead atoms. The van der Waals surface area contributed by atoms with Crippen LogP contribution in [-0.2, 0) is 9.53 Å². The largest absolute Gasteiger partial charge is 0.493 e. The highest BCUT2D eigenvalue weighted by Crippen LogP contribution is 2.54. The zero-order valence-corrected chi connectivity index (χ0v) is 26.9. The van der Waals surface area contributed by atoms with E-state index in [0.717, 1.165) is 6.07 Å². The van der Waals surface area contributed by atoms with Gasteiger partial charge >= 0.3 is 35.3 Å². The van der Waals surface area contributed by atoms with E-state index in [9.17, 15) is 44.7 Å². The van der Waals surface area contributed by atoms with E-state index in [1.54, 1.807) is 51.1 Å². The zero-order valence-electron chi connectivity index (χ0n) is 26.9. The monoisotopic (exact) mass is 678 g/mol. The minimum absolute atomic E-state index is 0.0385. The lowest BCUT2D eigenvalue weighted by molar-refractivity contribution is -0.369. The number of rotatable bonds is 13. The summed E-state index contributed by atoms with van der Waals surface area (Å²) in [6.45, 7) is 7.79. The maximum atomic E-state index is 14.5. The van der Waals surface area contributed by atoms with Crippen LogP contribution in [0, 0.1) is 16.7 Å². The van der Waals surface area contributed by atoms with E-state index in [4.69, 9.17) is 13.9 Å². The topological polar surface area (TPSA) is 65.7 Å². The summed E-state index contributed by atoms with van der Waals surface area (Å²) in [4.78, 5) is 25.0. The SMILES string of the molecule is CC(C)(C)CC(C(=O)OCCC(F)(F)C(F)(F)C(F)(F)C(F)(F)CCOc1ccc2cc(-c3ccccc3)c(=O)oc2c1)C(C)(C)C. The highest BCUT2D eigenvalue weighted by atomic mass is 19.4. The van der Waals surface area contributed by atoms with Crippen molar-refractivity contribution in [2.75, 3.05) is 13.2 Å². The molecule has 0 saturated carbocycles. The minimum atomic E-state index is -6.52. The molecule has 0 aliphatic rings. The first-order valence-corrected chi connectivity index (χ1v) is 14.8. The Kier molecular flexibility index (Phi) is 10.8. The summed E-state index contributed by atoms with van der Waals surface area (Å²) in [5, 5.41) is 0.406. The fourth-order valence-electron chi connectivity index (χ4n) is 4.81.